The molecule has 1 spiro atoms. The third kappa shape index (κ3) is 2.30. The number of amidine groups is 1. The van der Waals surface area contributed by atoms with Gasteiger partial charge in [0.25, 0.3) is 0 Å². The normalized spacial score (nSPS) is 34.6. The van der Waals surface area contributed by atoms with Crippen LogP contribution >= 0.6 is 11.3 Å². The maximum Gasteiger partial charge on any atom is 0.129 e. The third-order valence-corrected chi connectivity index (χ3v) is 6.57. The Hall–Kier alpha value is -1.43. The largest absolute Gasteiger partial charge is 0.300 e. The molecule has 1 N–H and O–H groups in total. The van der Waals surface area contributed by atoms with Crippen LogP contribution in [0.3, 0.4) is 0 Å². The zero-order valence-corrected chi connectivity index (χ0v) is 14.2. The van der Waals surface area contributed by atoms with Gasteiger partial charge in [0.15, 0.2) is 0 Å². The van der Waals surface area contributed by atoms with Gasteiger partial charge in [0.1, 0.15) is 11.4 Å². The van der Waals surface area contributed by atoms with Crippen LogP contribution in [0.2, 0.25) is 0 Å². The summed E-state index contributed by atoms with van der Waals surface area (Å²) in [5, 5.41) is 1.31. The molecule has 1 atom stereocenters. The molecule has 4 aliphatic rings. The number of aryl methyl sites for hydroxylation is 1. The summed E-state index contributed by atoms with van der Waals surface area (Å²) in [5.41, 5.74) is 4.11. The van der Waals surface area contributed by atoms with Crippen LogP contribution < -0.4 is 5.48 Å². The fourth-order valence-corrected chi connectivity index (χ4v) is 5.35. The lowest BCUT2D eigenvalue weighted by atomic mass is 9.74. The molecule has 2 bridgehead atoms. The van der Waals surface area contributed by atoms with Crippen molar-refractivity contribution in [2.45, 2.75) is 31.8 Å². The Morgan fingerprint density at radius 2 is 2.17 bits per heavy atom. The van der Waals surface area contributed by atoms with E-state index in [9.17, 15) is 0 Å². The van der Waals surface area contributed by atoms with E-state index in [2.05, 4.69) is 41.6 Å². The van der Waals surface area contributed by atoms with Gasteiger partial charge in [0.05, 0.1) is 5.69 Å². The van der Waals surface area contributed by atoms with Crippen LogP contribution in [0.5, 0.6) is 0 Å². The minimum absolute atomic E-state index is 0.0427. The first-order valence-corrected chi connectivity index (χ1v) is 9.26. The second-order valence-electron chi connectivity index (χ2n) is 7.13. The van der Waals surface area contributed by atoms with Crippen LogP contribution in [0, 0.1) is 12.8 Å². The van der Waals surface area contributed by atoms with Gasteiger partial charge in [-0.1, -0.05) is 6.07 Å². The maximum atomic E-state index is 6.07. The lowest BCUT2D eigenvalue weighted by Gasteiger charge is -2.49. The van der Waals surface area contributed by atoms with Crippen molar-refractivity contribution in [1.29, 1.82) is 0 Å². The maximum absolute atomic E-state index is 6.07. The number of nitrogens with one attached hydrogen (secondary N) is 1. The molecule has 0 saturated carbocycles. The molecule has 4 nitrogen and oxygen atoms in total. The Morgan fingerprint density at radius 1 is 1.30 bits per heavy atom. The van der Waals surface area contributed by atoms with Gasteiger partial charge in [-0.05, 0) is 62.4 Å². The highest BCUT2D eigenvalue weighted by Crippen LogP contribution is 2.42. The molecule has 4 saturated heterocycles. The van der Waals surface area contributed by atoms with Crippen molar-refractivity contribution in [3.05, 3.63) is 29.1 Å². The zero-order chi connectivity index (χ0) is 15.4. The molecule has 1 aromatic carbocycles. The molecule has 23 heavy (non-hydrogen) atoms. The zero-order valence-electron chi connectivity index (χ0n) is 13.3. The second kappa shape index (κ2) is 5.03. The van der Waals surface area contributed by atoms with E-state index in [0.717, 1.165) is 24.5 Å². The van der Waals surface area contributed by atoms with Crippen molar-refractivity contribution in [3.8, 4) is 0 Å². The summed E-state index contributed by atoms with van der Waals surface area (Å²) in [6.07, 6.45) is 3.43. The minimum atomic E-state index is -0.0427. The predicted molar refractivity (Wildman–Crippen MR) is 94.4 cm³/mol. The summed E-state index contributed by atoms with van der Waals surface area (Å²) in [7, 11) is 0. The van der Waals surface area contributed by atoms with Crippen molar-refractivity contribution >= 4 is 32.9 Å². The molecule has 120 valence electrons. The smallest absolute Gasteiger partial charge is 0.129 e. The molecule has 1 unspecified atom stereocenters. The first-order chi connectivity index (χ1) is 11.2. The van der Waals surface area contributed by atoms with Crippen molar-refractivity contribution in [2.24, 2.45) is 10.9 Å². The Labute approximate surface area is 140 Å². The fourth-order valence-electron chi connectivity index (χ4n) is 4.40. The van der Waals surface area contributed by atoms with Gasteiger partial charge in [-0.3, -0.25) is 10.3 Å². The van der Waals surface area contributed by atoms with Crippen LogP contribution in [0.4, 0.5) is 5.69 Å². The average Bonchev–Trinajstić information content (AvgIpc) is 3.11. The number of piperidine rings is 3. The van der Waals surface area contributed by atoms with E-state index in [0.29, 0.717) is 5.92 Å². The first kappa shape index (κ1) is 14.0. The van der Waals surface area contributed by atoms with Crippen molar-refractivity contribution in [3.63, 3.8) is 0 Å². The summed E-state index contributed by atoms with van der Waals surface area (Å²) < 4.78 is 1.31. The quantitative estimate of drug-likeness (QED) is 0.869. The van der Waals surface area contributed by atoms with Gasteiger partial charge in [0.2, 0.25) is 0 Å². The van der Waals surface area contributed by atoms with E-state index in [4.69, 9.17) is 9.83 Å². The summed E-state index contributed by atoms with van der Waals surface area (Å²) >= 11 is 1.83. The van der Waals surface area contributed by atoms with Crippen molar-refractivity contribution in [1.82, 2.24) is 10.4 Å². The molecule has 0 aliphatic carbocycles. The number of nitrogens with zero attached hydrogens (tertiary/aromatic N) is 2. The number of hydrogen-bond acceptors (Lipinski definition) is 4. The Balaban J connectivity index is 1.42. The predicted octanol–water partition coefficient (Wildman–Crippen LogP) is 3.63. The molecule has 0 radical (unpaired) electrons. The van der Waals surface area contributed by atoms with Crippen molar-refractivity contribution < 1.29 is 4.84 Å². The van der Waals surface area contributed by atoms with E-state index in [1.807, 2.05) is 11.3 Å². The van der Waals surface area contributed by atoms with Crippen LogP contribution in [-0.2, 0) is 4.84 Å². The lowest BCUT2D eigenvalue weighted by molar-refractivity contribution is -0.150. The monoisotopic (exact) mass is 327 g/mol. The molecule has 5 heteroatoms. The third-order valence-electron chi connectivity index (χ3n) is 5.55. The van der Waals surface area contributed by atoms with E-state index >= 15 is 0 Å². The Morgan fingerprint density at radius 3 is 2.96 bits per heavy atom. The van der Waals surface area contributed by atoms with E-state index < -0.39 is 0 Å². The molecular formula is C18H21N3OS. The van der Waals surface area contributed by atoms with Crippen LogP contribution in [0.25, 0.3) is 10.1 Å². The summed E-state index contributed by atoms with van der Waals surface area (Å²) in [6.45, 7) is 5.67. The summed E-state index contributed by atoms with van der Waals surface area (Å²) in [5.74, 6) is 1.65. The molecule has 6 rings (SSSR count). The Bertz CT molecular complexity index is 791. The summed E-state index contributed by atoms with van der Waals surface area (Å²) in [6, 6.07) is 8.68. The summed E-state index contributed by atoms with van der Waals surface area (Å²) in [4.78, 5) is 14.8. The molecule has 4 fully saturated rings. The second-order valence-corrected chi connectivity index (χ2v) is 8.42. The number of rotatable bonds is 1. The van der Waals surface area contributed by atoms with E-state index in [1.165, 1.54) is 40.9 Å². The van der Waals surface area contributed by atoms with Crippen LogP contribution in [-0.4, -0.2) is 36.0 Å². The number of hydrogen-bond donors (Lipinski definition) is 1. The van der Waals surface area contributed by atoms with Crippen LogP contribution in [0.1, 0.15) is 24.1 Å². The number of benzene rings is 1. The number of fused-ring (bicyclic) bond motifs is 3. The number of aliphatic imine (C=N–C) groups is 1. The van der Waals surface area contributed by atoms with Gasteiger partial charge >= 0.3 is 0 Å². The number of thiophene rings is 1. The van der Waals surface area contributed by atoms with Crippen LogP contribution in [0.15, 0.2) is 29.3 Å². The highest BCUT2D eigenvalue weighted by molar-refractivity contribution is 7.19. The molecular weight excluding hydrogens is 306 g/mol. The topological polar surface area (TPSA) is 36.9 Å². The van der Waals surface area contributed by atoms with E-state index in [1.54, 1.807) is 0 Å². The van der Waals surface area contributed by atoms with Gasteiger partial charge in [-0.15, -0.1) is 11.3 Å². The molecule has 1 aromatic heterocycles. The van der Waals surface area contributed by atoms with Gasteiger partial charge in [-0.25, -0.2) is 4.99 Å². The van der Waals surface area contributed by atoms with Gasteiger partial charge < -0.3 is 4.90 Å². The van der Waals surface area contributed by atoms with Crippen molar-refractivity contribution in [2.75, 3.05) is 19.6 Å². The average molecular weight is 327 g/mol. The fraction of sp³-hybridized carbons (Fsp3) is 0.500. The molecule has 5 heterocycles. The minimum Gasteiger partial charge on any atom is -0.300 e. The highest BCUT2D eigenvalue weighted by atomic mass is 32.1. The van der Waals surface area contributed by atoms with Gasteiger partial charge in [0, 0.05) is 22.5 Å². The lowest BCUT2D eigenvalue weighted by Crippen LogP contribution is -2.59. The van der Waals surface area contributed by atoms with E-state index in [-0.39, 0.29) is 5.60 Å². The number of hydroxylamine groups is 1. The first-order valence-electron chi connectivity index (χ1n) is 8.44. The SMILES string of the molecule is Cc1cc2ccc(N=C3CC4(CN5CCC4CC5)ON3)cc2s1. The molecule has 4 aliphatic heterocycles. The Kier molecular flexibility index (Phi) is 3.05. The highest BCUT2D eigenvalue weighted by Gasteiger charge is 2.52. The molecule has 0 amide bonds. The molecule has 2 aromatic rings. The van der Waals surface area contributed by atoms with Gasteiger partial charge in [-0.2, -0.15) is 0 Å². The standard InChI is InChI=1S/C18H21N3OS/c1-12-8-13-2-3-15(9-16(13)23-12)19-17-10-18(22-20-17)11-21-6-4-14(18)5-7-21/h2-3,8-9,14H,4-7,10-11H2,1H3,(H,19,20).